The van der Waals surface area contributed by atoms with E-state index >= 15 is 0 Å². The molecule has 0 bridgehead atoms. The van der Waals surface area contributed by atoms with Gasteiger partial charge in [-0.05, 0) is 104 Å². The summed E-state index contributed by atoms with van der Waals surface area (Å²) in [5.41, 5.74) is 1.05. The number of hydrogen-bond acceptors (Lipinski definition) is 0. The molecule has 4 aliphatic carbocycles. The molecule has 2 heteroatoms. The lowest BCUT2D eigenvalue weighted by molar-refractivity contribution is -0.113. The van der Waals surface area contributed by atoms with Crippen LogP contribution < -0.4 is 0 Å². The van der Waals surface area contributed by atoms with E-state index in [0.717, 1.165) is 54.3 Å². The Morgan fingerprint density at radius 3 is 2.28 bits per heavy atom. The van der Waals surface area contributed by atoms with Crippen LogP contribution in [-0.4, -0.2) is 10.8 Å². The maximum Gasteiger partial charge on any atom is 0.0505 e. The van der Waals surface area contributed by atoms with Crippen molar-refractivity contribution in [1.29, 1.82) is 0 Å². The molecule has 0 aliphatic heterocycles. The van der Waals surface area contributed by atoms with Crippen LogP contribution in [0.15, 0.2) is 0 Å². The van der Waals surface area contributed by atoms with Crippen molar-refractivity contribution in [2.75, 3.05) is 0 Å². The highest BCUT2D eigenvalue weighted by atomic mass is 35.5. The van der Waals surface area contributed by atoms with Gasteiger partial charge in [0.1, 0.15) is 0 Å². The van der Waals surface area contributed by atoms with Crippen LogP contribution in [0.5, 0.6) is 0 Å². The SMILES string of the molecule is CC(C)CCCC(C)C1CCC2C3CCC4CC(Cl)C(Cl)CC4(C)C3CCC12C. The van der Waals surface area contributed by atoms with E-state index < -0.39 is 0 Å². The first-order chi connectivity index (χ1) is 13.7. The van der Waals surface area contributed by atoms with Gasteiger partial charge >= 0.3 is 0 Å². The van der Waals surface area contributed by atoms with E-state index in [1.165, 1.54) is 57.8 Å². The van der Waals surface area contributed by atoms with Gasteiger partial charge in [0.05, 0.1) is 10.8 Å². The zero-order valence-corrected chi connectivity index (χ0v) is 21.2. The van der Waals surface area contributed by atoms with Crippen molar-refractivity contribution < 1.29 is 0 Å². The Labute approximate surface area is 191 Å². The number of rotatable bonds is 5. The van der Waals surface area contributed by atoms with Crippen molar-refractivity contribution >= 4 is 23.2 Å². The van der Waals surface area contributed by atoms with Gasteiger partial charge in [-0.15, -0.1) is 23.2 Å². The van der Waals surface area contributed by atoms with E-state index in [9.17, 15) is 0 Å². The minimum atomic E-state index is 0.183. The summed E-state index contributed by atoms with van der Waals surface area (Å²) in [6.45, 7) is 12.6. The third-order valence-electron chi connectivity index (χ3n) is 10.8. The summed E-state index contributed by atoms with van der Waals surface area (Å²) in [5.74, 6) is 6.38. The average Bonchev–Trinajstić information content (AvgIpc) is 3.00. The van der Waals surface area contributed by atoms with Crippen molar-refractivity contribution in [3.05, 3.63) is 0 Å². The zero-order valence-electron chi connectivity index (χ0n) is 19.7. The molecular formula is C27H46Cl2. The first kappa shape index (κ1) is 22.8. The Kier molecular flexibility index (Phi) is 6.67. The largest absolute Gasteiger partial charge is 0.121 e. The second-order valence-electron chi connectivity index (χ2n) is 12.7. The van der Waals surface area contributed by atoms with Gasteiger partial charge in [-0.3, -0.25) is 0 Å². The molecule has 0 radical (unpaired) electrons. The molecule has 4 rings (SSSR count). The van der Waals surface area contributed by atoms with Gasteiger partial charge in [-0.25, -0.2) is 0 Å². The summed E-state index contributed by atoms with van der Waals surface area (Å²) >= 11 is 13.4. The number of hydrogen-bond donors (Lipinski definition) is 0. The molecule has 0 saturated heterocycles. The fraction of sp³-hybridized carbons (Fsp3) is 1.00. The molecule has 0 aromatic carbocycles. The quantitative estimate of drug-likeness (QED) is 0.374. The van der Waals surface area contributed by atoms with Crippen molar-refractivity contribution in [2.45, 2.75) is 116 Å². The molecule has 0 aromatic heterocycles. The average molecular weight is 442 g/mol. The standard InChI is InChI=1S/C27H46Cl2/c1-17(2)7-6-8-18(3)21-11-12-22-20-10-9-19-15-24(28)25(29)16-27(19,5)23(20)13-14-26(21,22)4/h17-25H,6-16H2,1-5H3. The summed E-state index contributed by atoms with van der Waals surface area (Å²) in [5, 5.41) is 0.380. The van der Waals surface area contributed by atoms with Crippen LogP contribution in [0.3, 0.4) is 0 Å². The summed E-state index contributed by atoms with van der Waals surface area (Å²) in [6.07, 6.45) is 15.4. The van der Waals surface area contributed by atoms with Crippen LogP contribution in [0, 0.1) is 52.3 Å². The first-order valence-electron chi connectivity index (χ1n) is 12.9. The lowest BCUT2D eigenvalue weighted by Gasteiger charge is -2.61. The molecule has 0 nitrogen and oxygen atoms in total. The van der Waals surface area contributed by atoms with Gasteiger partial charge in [0.15, 0.2) is 0 Å². The molecule has 0 amide bonds. The number of fused-ring (bicyclic) bond motifs is 5. The van der Waals surface area contributed by atoms with Crippen LogP contribution in [0.4, 0.5) is 0 Å². The molecule has 168 valence electrons. The summed E-state index contributed by atoms with van der Waals surface area (Å²) in [6, 6.07) is 0. The third-order valence-corrected chi connectivity index (χ3v) is 11.9. The number of halogens is 2. The van der Waals surface area contributed by atoms with Crippen molar-refractivity contribution in [1.82, 2.24) is 0 Å². The van der Waals surface area contributed by atoms with Crippen molar-refractivity contribution in [2.24, 2.45) is 52.3 Å². The number of alkyl halides is 2. The van der Waals surface area contributed by atoms with E-state index in [2.05, 4.69) is 34.6 Å². The molecule has 29 heavy (non-hydrogen) atoms. The smallest absolute Gasteiger partial charge is 0.0505 e. The molecule has 10 unspecified atom stereocenters. The van der Waals surface area contributed by atoms with Crippen LogP contribution in [-0.2, 0) is 0 Å². The minimum absolute atomic E-state index is 0.183. The van der Waals surface area contributed by atoms with Crippen molar-refractivity contribution in [3.63, 3.8) is 0 Å². The maximum atomic E-state index is 6.75. The Balaban J connectivity index is 1.47. The molecule has 0 heterocycles. The predicted octanol–water partition coefficient (Wildman–Crippen LogP) is 8.93. The molecular weight excluding hydrogens is 395 g/mol. The lowest BCUT2D eigenvalue weighted by atomic mass is 9.44. The zero-order chi connectivity index (χ0) is 21.0. The van der Waals surface area contributed by atoms with E-state index in [1.807, 2.05) is 0 Å². The van der Waals surface area contributed by atoms with Gasteiger partial charge in [-0.1, -0.05) is 53.9 Å². The van der Waals surface area contributed by atoms with Gasteiger partial charge in [-0.2, -0.15) is 0 Å². The summed E-state index contributed by atoms with van der Waals surface area (Å²) < 4.78 is 0. The fourth-order valence-electron chi connectivity index (χ4n) is 9.23. The Morgan fingerprint density at radius 1 is 0.828 bits per heavy atom. The maximum absolute atomic E-state index is 6.75. The third kappa shape index (κ3) is 3.94. The highest BCUT2D eigenvalue weighted by molar-refractivity contribution is 6.30. The van der Waals surface area contributed by atoms with Crippen LogP contribution in [0.2, 0.25) is 0 Å². The lowest BCUT2D eigenvalue weighted by Crippen LogP contribution is -2.55. The van der Waals surface area contributed by atoms with E-state index in [-0.39, 0.29) is 10.8 Å². The van der Waals surface area contributed by atoms with E-state index in [1.54, 1.807) is 0 Å². The Morgan fingerprint density at radius 2 is 1.55 bits per heavy atom. The molecule has 10 atom stereocenters. The van der Waals surface area contributed by atoms with E-state index in [4.69, 9.17) is 23.2 Å². The summed E-state index contributed by atoms with van der Waals surface area (Å²) in [4.78, 5) is 0. The molecule has 4 aliphatic rings. The normalized spacial score (nSPS) is 50.7. The molecule has 4 saturated carbocycles. The molecule has 0 aromatic rings. The second-order valence-corrected chi connectivity index (χ2v) is 13.8. The fourth-order valence-corrected chi connectivity index (χ4v) is 9.97. The van der Waals surface area contributed by atoms with Crippen molar-refractivity contribution in [3.8, 4) is 0 Å². The first-order valence-corrected chi connectivity index (χ1v) is 13.8. The molecule has 4 fully saturated rings. The second kappa shape index (κ2) is 8.50. The van der Waals surface area contributed by atoms with Crippen LogP contribution in [0.1, 0.15) is 105 Å². The summed E-state index contributed by atoms with van der Waals surface area (Å²) in [7, 11) is 0. The van der Waals surface area contributed by atoms with Gasteiger partial charge in [0.25, 0.3) is 0 Å². The Hall–Kier alpha value is 0.580. The van der Waals surface area contributed by atoms with Crippen LogP contribution in [0.25, 0.3) is 0 Å². The van der Waals surface area contributed by atoms with Gasteiger partial charge in [0, 0.05) is 0 Å². The molecule has 0 spiro atoms. The van der Waals surface area contributed by atoms with E-state index in [0.29, 0.717) is 10.8 Å². The Bertz CT molecular complexity index is 573. The predicted molar refractivity (Wildman–Crippen MR) is 128 cm³/mol. The minimum Gasteiger partial charge on any atom is -0.121 e. The van der Waals surface area contributed by atoms with Gasteiger partial charge in [0.2, 0.25) is 0 Å². The topological polar surface area (TPSA) is 0 Å². The monoisotopic (exact) mass is 440 g/mol. The van der Waals surface area contributed by atoms with Gasteiger partial charge < -0.3 is 0 Å². The molecule has 0 N–H and O–H groups in total. The van der Waals surface area contributed by atoms with Crippen LogP contribution >= 0.6 is 23.2 Å². The highest BCUT2D eigenvalue weighted by Gasteiger charge is 2.61. The highest BCUT2D eigenvalue weighted by Crippen LogP contribution is 2.68.